The molecule has 1 saturated heterocycles. The zero-order valence-corrected chi connectivity index (χ0v) is 18.5. The molecule has 1 aliphatic heterocycles. The maximum Gasteiger partial charge on any atom is 0.243 e. The number of nitrogens with one attached hydrogen (secondary N) is 1. The summed E-state index contributed by atoms with van der Waals surface area (Å²) in [6.45, 7) is 2.47. The summed E-state index contributed by atoms with van der Waals surface area (Å²) in [5, 5.41) is 2.87. The van der Waals surface area contributed by atoms with E-state index in [1.165, 1.54) is 16.4 Å². The molecule has 8 heteroatoms. The van der Waals surface area contributed by atoms with Gasteiger partial charge in [0.1, 0.15) is 11.9 Å². The minimum Gasteiger partial charge on any atom is -0.351 e. The van der Waals surface area contributed by atoms with E-state index in [0.29, 0.717) is 12.8 Å². The molecule has 1 aliphatic rings. The first-order chi connectivity index (χ1) is 15.3. The number of carbonyl (C=O) groups is 1. The van der Waals surface area contributed by atoms with Crippen molar-refractivity contribution >= 4 is 15.9 Å². The third-order valence-corrected chi connectivity index (χ3v) is 7.49. The lowest BCUT2D eigenvalue weighted by molar-refractivity contribution is -0.124. The number of aromatic nitrogens is 1. The molecule has 32 heavy (non-hydrogen) atoms. The van der Waals surface area contributed by atoms with Gasteiger partial charge in [0, 0.05) is 30.5 Å². The van der Waals surface area contributed by atoms with Gasteiger partial charge in [0.15, 0.2) is 0 Å². The summed E-state index contributed by atoms with van der Waals surface area (Å²) >= 11 is 0. The van der Waals surface area contributed by atoms with Crippen molar-refractivity contribution in [1.29, 1.82) is 0 Å². The van der Waals surface area contributed by atoms with Gasteiger partial charge in [0.2, 0.25) is 15.9 Å². The summed E-state index contributed by atoms with van der Waals surface area (Å²) in [5.41, 5.74) is 3.82. The standard InChI is InChI=1S/C24H24FN3O3S/c1-17-7-8-20(16-26-17)19-5-2-4-18(14-19)15-27-24(29)23-6-3-13-28(23)32(30,31)22-11-9-21(25)10-12-22/h2,4-5,7-12,14,16,23H,3,6,13,15H2,1H3,(H,27,29)/t23-/m0/s1. The Morgan fingerprint density at radius 1 is 1.12 bits per heavy atom. The van der Waals surface area contributed by atoms with E-state index in [4.69, 9.17) is 0 Å². The fourth-order valence-corrected chi connectivity index (χ4v) is 5.49. The van der Waals surface area contributed by atoms with Crippen molar-refractivity contribution in [2.24, 2.45) is 0 Å². The molecule has 1 aromatic heterocycles. The van der Waals surface area contributed by atoms with Gasteiger partial charge >= 0.3 is 0 Å². The third kappa shape index (κ3) is 4.71. The van der Waals surface area contributed by atoms with Crippen LogP contribution in [0.3, 0.4) is 0 Å². The molecule has 2 aromatic carbocycles. The van der Waals surface area contributed by atoms with E-state index in [9.17, 15) is 17.6 Å². The van der Waals surface area contributed by atoms with E-state index in [2.05, 4.69) is 10.3 Å². The van der Waals surface area contributed by atoms with Crippen molar-refractivity contribution in [2.45, 2.75) is 37.2 Å². The summed E-state index contributed by atoms with van der Waals surface area (Å²) < 4.78 is 40.4. The molecule has 0 spiro atoms. The molecule has 4 rings (SSSR count). The second-order valence-corrected chi connectivity index (χ2v) is 9.72. The molecule has 1 amide bonds. The molecule has 3 aromatic rings. The summed E-state index contributed by atoms with van der Waals surface area (Å²) in [5.74, 6) is -0.848. The van der Waals surface area contributed by atoms with Gasteiger partial charge in [-0.15, -0.1) is 0 Å². The van der Waals surface area contributed by atoms with Crippen LogP contribution in [-0.4, -0.2) is 36.2 Å². The van der Waals surface area contributed by atoms with Gasteiger partial charge < -0.3 is 5.32 Å². The number of halogens is 1. The van der Waals surface area contributed by atoms with E-state index < -0.39 is 21.9 Å². The molecule has 0 bridgehead atoms. The fourth-order valence-electron chi connectivity index (χ4n) is 3.84. The Hall–Kier alpha value is -3.10. The second-order valence-electron chi connectivity index (χ2n) is 7.83. The number of nitrogens with zero attached hydrogens (tertiary/aromatic N) is 2. The molecule has 0 aliphatic carbocycles. The SMILES string of the molecule is Cc1ccc(-c2cccc(CNC(=O)[C@@H]3CCCN3S(=O)(=O)c3ccc(F)cc3)c2)cn1. The van der Waals surface area contributed by atoms with Gasteiger partial charge in [0.25, 0.3) is 0 Å². The van der Waals surface area contributed by atoms with E-state index in [0.717, 1.165) is 34.5 Å². The average Bonchev–Trinajstić information content (AvgIpc) is 3.30. The zero-order chi connectivity index (χ0) is 22.7. The minimum absolute atomic E-state index is 0.0157. The van der Waals surface area contributed by atoms with Crippen molar-refractivity contribution in [3.8, 4) is 11.1 Å². The first kappa shape index (κ1) is 22.1. The van der Waals surface area contributed by atoms with E-state index in [1.54, 1.807) is 0 Å². The number of rotatable bonds is 6. The lowest BCUT2D eigenvalue weighted by Crippen LogP contribution is -2.45. The number of hydrogen-bond donors (Lipinski definition) is 1. The van der Waals surface area contributed by atoms with Gasteiger partial charge in [-0.05, 0) is 67.3 Å². The Labute approximate surface area is 187 Å². The normalized spacial score (nSPS) is 16.8. The number of pyridine rings is 1. The summed E-state index contributed by atoms with van der Waals surface area (Å²) in [6, 6.07) is 15.6. The summed E-state index contributed by atoms with van der Waals surface area (Å²) in [6.07, 6.45) is 2.85. The lowest BCUT2D eigenvalue weighted by atomic mass is 10.0. The number of hydrogen-bond acceptors (Lipinski definition) is 4. The molecule has 1 fully saturated rings. The Morgan fingerprint density at radius 3 is 2.62 bits per heavy atom. The predicted octanol–water partition coefficient (Wildman–Crippen LogP) is 3.67. The predicted molar refractivity (Wildman–Crippen MR) is 120 cm³/mol. The van der Waals surface area contributed by atoms with Crippen LogP contribution in [0.15, 0.2) is 71.8 Å². The van der Waals surface area contributed by atoms with Crippen LogP contribution in [0.25, 0.3) is 11.1 Å². The van der Waals surface area contributed by atoms with Gasteiger partial charge in [-0.25, -0.2) is 12.8 Å². The quantitative estimate of drug-likeness (QED) is 0.618. The highest BCUT2D eigenvalue weighted by Crippen LogP contribution is 2.26. The van der Waals surface area contributed by atoms with Crippen LogP contribution in [0.4, 0.5) is 4.39 Å². The average molecular weight is 454 g/mol. The summed E-state index contributed by atoms with van der Waals surface area (Å²) in [7, 11) is -3.88. The van der Waals surface area contributed by atoms with Crippen LogP contribution in [0, 0.1) is 12.7 Å². The Bertz CT molecular complexity index is 1210. The maximum absolute atomic E-state index is 13.2. The van der Waals surface area contributed by atoms with Crippen LogP contribution in [0.5, 0.6) is 0 Å². The van der Waals surface area contributed by atoms with Crippen molar-refractivity contribution in [3.05, 3.63) is 83.9 Å². The molecule has 0 unspecified atom stereocenters. The monoisotopic (exact) mass is 453 g/mol. The van der Waals surface area contributed by atoms with Crippen LogP contribution in [0.2, 0.25) is 0 Å². The van der Waals surface area contributed by atoms with E-state index >= 15 is 0 Å². The number of aryl methyl sites for hydroxylation is 1. The molecule has 1 N–H and O–H groups in total. The third-order valence-electron chi connectivity index (χ3n) is 5.56. The van der Waals surface area contributed by atoms with Crippen LogP contribution < -0.4 is 5.32 Å². The number of amides is 1. The molecular formula is C24H24FN3O3S. The molecule has 0 radical (unpaired) electrons. The lowest BCUT2D eigenvalue weighted by Gasteiger charge is -2.23. The van der Waals surface area contributed by atoms with Gasteiger partial charge in [-0.1, -0.05) is 24.3 Å². The Kier molecular flexibility index (Phi) is 6.34. The van der Waals surface area contributed by atoms with Crippen molar-refractivity contribution in [1.82, 2.24) is 14.6 Å². The van der Waals surface area contributed by atoms with Gasteiger partial charge in [0.05, 0.1) is 4.90 Å². The molecule has 1 atom stereocenters. The molecule has 166 valence electrons. The number of sulfonamides is 1. The summed E-state index contributed by atoms with van der Waals surface area (Å²) in [4.78, 5) is 17.2. The van der Waals surface area contributed by atoms with Gasteiger partial charge in [-0.2, -0.15) is 4.31 Å². The molecular weight excluding hydrogens is 429 g/mol. The van der Waals surface area contributed by atoms with Crippen LogP contribution >= 0.6 is 0 Å². The Morgan fingerprint density at radius 2 is 1.91 bits per heavy atom. The maximum atomic E-state index is 13.2. The number of benzene rings is 2. The first-order valence-electron chi connectivity index (χ1n) is 10.4. The van der Waals surface area contributed by atoms with Crippen molar-refractivity contribution in [2.75, 3.05) is 6.54 Å². The topological polar surface area (TPSA) is 79.4 Å². The zero-order valence-electron chi connectivity index (χ0n) is 17.7. The molecule has 6 nitrogen and oxygen atoms in total. The highest BCUT2D eigenvalue weighted by atomic mass is 32.2. The second kappa shape index (κ2) is 9.18. The largest absolute Gasteiger partial charge is 0.351 e. The fraction of sp³-hybridized carbons (Fsp3) is 0.250. The first-order valence-corrected chi connectivity index (χ1v) is 11.9. The highest BCUT2D eigenvalue weighted by Gasteiger charge is 2.39. The minimum atomic E-state index is -3.88. The van der Waals surface area contributed by atoms with E-state index in [1.807, 2.05) is 49.5 Å². The molecule has 0 saturated carbocycles. The highest BCUT2D eigenvalue weighted by molar-refractivity contribution is 7.89. The molecule has 2 heterocycles. The smallest absolute Gasteiger partial charge is 0.243 e. The van der Waals surface area contributed by atoms with Crippen LogP contribution in [-0.2, 0) is 21.4 Å². The van der Waals surface area contributed by atoms with Crippen molar-refractivity contribution < 1.29 is 17.6 Å². The number of carbonyl (C=O) groups excluding carboxylic acids is 1. The van der Waals surface area contributed by atoms with Crippen molar-refractivity contribution in [3.63, 3.8) is 0 Å². The van der Waals surface area contributed by atoms with E-state index in [-0.39, 0.29) is 23.9 Å². The Balaban J connectivity index is 1.45. The van der Waals surface area contributed by atoms with Gasteiger partial charge in [-0.3, -0.25) is 9.78 Å². The van der Waals surface area contributed by atoms with Crippen LogP contribution in [0.1, 0.15) is 24.1 Å².